The molecule has 1 fully saturated rings. The van der Waals surface area contributed by atoms with Crippen LogP contribution in [0.5, 0.6) is 0 Å². The van der Waals surface area contributed by atoms with Gasteiger partial charge in [0.25, 0.3) is 5.56 Å². The van der Waals surface area contributed by atoms with Gasteiger partial charge in [0.1, 0.15) is 4.47 Å². The molecule has 1 aliphatic rings. The van der Waals surface area contributed by atoms with E-state index in [1.54, 1.807) is 22.2 Å². The van der Waals surface area contributed by atoms with Crippen molar-refractivity contribution in [1.29, 1.82) is 0 Å². The molecule has 6 heteroatoms. The van der Waals surface area contributed by atoms with Crippen molar-refractivity contribution in [3.05, 3.63) is 43.4 Å². The van der Waals surface area contributed by atoms with E-state index in [0.717, 1.165) is 25.2 Å². The number of hydrogen-bond acceptors (Lipinski definition) is 4. The Kier molecular flexibility index (Phi) is 4.21. The van der Waals surface area contributed by atoms with E-state index in [4.69, 9.17) is 0 Å². The first kappa shape index (κ1) is 13.8. The molecule has 0 aromatic carbocycles. The zero-order valence-electron chi connectivity index (χ0n) is 11.0. The second-order valence-electron chi connectivity index (χ2n) is 5.06. The van der Waals surface area contributed by atoms with Gasteiger partial charge in [0, 0.05) is 18.0 Å². The second kappa shape index (κ2) is 6.10. The highest BCUT2D eigenvalue weighted by Gasteiger charge is 2.23. The van der Waals surface area contributed by atoms with Gasteiger partial charge in [-0.25, -0.2) is 4.68 Å². The van der Waals surface area contributed by atoms with Crippen molar-refractivity contribution >= 4 is 33.0 Å². The lowest BCUT2D eigenvalue weighted by molar-refractivity contribution is 0.532. The third-order valence-corrected chi connectivity index (χ3v) is 5.08. The van der Waals surface area contributed by atoms with Crippen LogP contribution < -0.4 is 10.9 Å². The molecule has 106 valence electrons. The van der Waals surface area contributed by atoms with Crippen LogP contribution >= 0.6 is 27.3 Å². The van der Waals surface area contributed by atoms with Crippen LogP contribution in [0.2, 0.25) is 0 Å². The van der Waals surface area contributed by atoms with E-state index in [1.165, 1.54) is 17.7 Å². The van der Waals surface area contributed by atoms with Gasteiger partial charge in [-0.1, -0.05) is 6.07 Å². The van der Waals surface area contributed by atoms with Gasteiger partial charge in [-0.05, 0) is 52.6 Å². The summed E-state index contributed by atoms with van der Waals surface area (Å²) >= 11 is 5.14. The molecule has 2 aromatic heterocycles. The SMILES string of the molecule is O=c1c(Br)c(NCCc2cccs2)cnn1CC1CC1. The highest BCUT2D eigenvalue weighted by Crippen LogP contribution is 2.30. The van der Waals surface area contributed by atoms with E-state index in [-0.39, 0.29) is 5.56 Å². The van der Waals surface area contributed by atoms with Crippen LogP contribution in [0.15, 0.2) is 33.0 Å². The quantitative estimate of drug-likeness (QED) is 0.867. The van der Waals surface area contributed by atoms with Crippen molar-refractivity contribution in [2.24, 2.45) is 5.92 Å². The minimum atomic E-state index is -0.0435. The summed E-state index contributed by atoms with van der Waals surface area (Å²) in [7, 11) is 0. The van der Waals surface area contributed by atoms with E-state index >= 15 is 0 Å². The number of hydrogen-bond donors (Lipinski definition) is 1. The maximum atomic E-state index is 12.2. The van der Waals surface area contributed by atoms with Crippen LogP contribution in [0.25, 0.3) is 0 Å². The predicted octanol–water partition coefficient (Wildman–Crippen LogP) is 3.13. The van der Waals surface area contributed by atoms with Gasteiger partial charge >= 0.3 is 0 Å². The van der Waals surface area contributed by atoms with Crippen LogP contribution in [0.1, 0.15) is 17.7 Å². The normalized spacial score (nSPS) is 14.4. The first-order valence-electron chi connectivity index (χ1n) is 6.76. The number of halogens is 1. The van der Waals surface area contributed by atoms with Crippen LogP contribution in [-0.2, 0) is 13.0 Å². The van der Waals surface area contributed by atoms with Gasteiger partial charge in [0.2, 0.25) is 0 Å². The standard InChI is InChI=1S/C14H16BrN3OS/c15-13-12(16-6-5-11-2-1-7-20-11)8-17-18(14(13)19)9-10-3-4-10/h1-2,7-8,10,16H,3-6,9H2. The Bertz CT molecular complexity index is 634. The number of aromatic nitrogens is 2. The molecule has 0 amide bonds. The van der Waals surface area contributed by atoms with Crippen molar-refractivity contribution in [2.45, 2.75) is 25.8 Å². The topological polar surface area (TPSA) is 46.9 Å². The number of nitrogens with zero attached hydrogens (tertiary/aromatic N) is 2. The van der Waals surface area contributed by atoms with Gasteiger partial charge in [-0.15, -0.1) is 11.3 Å². The first-order chi connectivity index (χ1) is 9.74. The fourth-order valence-electron chi connectivity index (χ4n) is 2.04. The summed E-state index contributed by atoms with van der Waals surface area (Å²) in [4.78, 5) is 13.5. The Labute approximate surface area is 130 Å². The molecule has 0 bridgehead atoms. The molecule has 1 aliphatic carbocycles. The lowest BCUT2D eigenvalue weighted by Crippen LogP contribution is -2.25. The van der Waals surface area contributed by atoms with E-state index < -0.39 is 0 Å². The lowest BCUT2D eigenvalue weighted by Gasteiger charge is -2.09. The third-order valence-electron chi connectivity index (χ3n) is 3.38. The molecular weight excluding hydrogens is 338 g/mol. The number of anilines is 1. The average Bonchev–Trinajstić information content (AvgIpc) is 3.11. The summed E-state index contributed by atoms with van der Waals surface area (Å²) < 4.78 is 2.14. The smallest absolute Gasteiger partial charge is 0.283 e. The molecule has 2 heterocycles. The van der Waals surface area contributed by atoms with E-state index in [0.29, 0.717) is 10.4 Å². The number of nitrogens with one attached hydrogen (secondary N) is 1. The summed E-state index contributed by atoms with van der Waals surface area (Å²) in [6, 6.07) is 4.17. The van der Waals surface area contributed by atoms with Gasteiger partial charge in [-0.2, -0.15) is 5.10 Å². The molecule has 20 heavy (non-hydrogen) atoms. The monoisotopic (exact) mass is 353 g/mol. The molecule has 0 atom stereocenters. The van der Waals surface area contributed by atoms with Crippen molar-refractivity contribution in [2.75, 3.05) is 11.9 Å². The molecule has 0 aliphatic heterocycles. The fraction of sp³-hybridized carbons (Fsp3) is 0.429. The Hall–Kier alpha value is -1.14. The molecule has 0 radical (unpaired) electrons. The highest BCUT2D eigenvalue weighted by molar-refractivity contribution is 9.10. The third kappa shape index (κ3) is 3.30. The minimum Gasteiger partial charge on any atom is -0.382 e. The lowest BCUT2D eigenvalue weighted by atomic mass is 10.3. The molecule has 0 saturated heterocycles. The second-order valence-corrected chi connectivity index (χ2v) is 6.88. The summed E-state index contributed by atoms with van der Waals surface area (Å²) in [5.41, 5.74) is 0.733. The molecule has 4 nitrogen and oxygen atoms in total. The summed E-state index contributed by atoms with van der Waals surface area (Å²) in [6.45, 7) is 1.54. The van der Waals surface area contributed by atoms with Crippen molar-refractivity contribution in [3.8, 4) is 0 Å². The van der Waals surface area contributed by atoms with Crippen LogP contribution in [0.4, 0.5) is 5.69 Å². The molecule has 1 saturated carbocycles. The predicted molar refractivity (Wildman–Crippen MR) is 85.4 cm³/mol. The van der Waals surface area contributed by atoms with Crippen molar-refractivity contribution in [1.82, 2.24) is 9.78 Å². The Morgan fingerprint density at radius 3 is 3.05 bits per heavy atom. The van der Waals surface area contributed by atoms with Gasteiger partial charge in [0.05, 0.1) is 11.9 Å². The van der Waals surface area contributed by atoms with Gasteiger partial charge in [0.15, 0.2) is 0 Å². The summed E-state index contributed by atoms with van der Waals surface area (Å²) in [5.74, 6) is 0.643. The van der Waals surface area contributed by atoms with E-state index in [2.05, 4.69) is 43.9 Å². The molecule has 0 spiro atoms. The minimum absolute atomic E-state index is 0.0435. The van der Waals surface area contributed by atoms with Gasteiger partial charge < -0.3 is 5.32 Å². The molecule has 2 aromatic rings. The van der Waals surface area contributed by atoms with Crippen LogP contribution in [-0.4, -0.2) is 16.3 Å². The first-order valence-corrected chi connectivity index (χ1v) is 8.43. The van der Waals surface area contributed by atoms with Crippen LogP contribution in [0.3, 0.4) is 0 Å². The number of thiophene rings is 1. The molecule has 1 N–H and O–H groups in total. The fourth-order valence-corrected chi connectivity index (χ4v) is 3.19. The Morgan fingerprint density at radius 2 is 2.35 bits per heavy atom. The molecule has 3 rings (SSSR count). The van der Waals surface area contributed by atoms with E-state index in [9.17, 15) is 4.79 Å². The Balaban J connectivity index is 1.64. The van der Waals surface area contributed by atoms with Crippen LogP contribution in [0, 0.1) is 5.92 Å². The van der Waals surface area contributed by atoms with Crippen molar-refractivity contribution < 1.29 is 0 Å². The van der Waals surface area contributed by atoms with E-state index in [1.807, 2.05) is 0 Å². The Morgan fingerprint density at radius 1 is 1.50 bits per heavy atom. The van der Waals surface area contributed by atoms with Gasteiger partial charge in [-0.3, -0.25) is 4.79 Å². The molecular formula is C14H16BrN3OS. The zero-order valence-corrected chi connectivity index (χ0v) is 13.4. The largest absolute Gasteiger partial charge is 0.382 e. The molecule has 0 unspecified atom stereocenters. The summed E-state index contributed by atoms with van der Waals surface area (Å²) in [5, 5.41) is 9.60. The van der Waals surface area contributed by atoms with Crippen molar-refractivity contribution in [3.63, 3.8) is 0 Å². The summed E-state index contributed by atoms with van der Waals surface area (Å²) in [6.07, 6.45) is 5.12. The average molecular weight is 354 g/mol. The number of rotatable bonds is 6. The maximum Gasteiger partial charge on any atom is 0.283 e. The highest BCUT2D eigenvalue weighted by atomic mass is 79.9. The zero-order chi connectivity index (χ0) is 13.9. The maximum absolute atomic E-state index is 12.2.